The standard InChI is InChI=1S/C22H25NOS/c24-21(14-18-13-15-6-7-17(18)12-15)23-10-8-20-19(9-11-25-20)22(23)16-4-2-1-3-5-16/h1-5,9,11,15,17-18,22H,6-8,10,12-14H2/t15-,17-,18-,22+/m0/s1. The summed E-state index contributed by atoms with van der Waals surface area (Å²) in [5.74, 6) is 2.76. The second-order valence-corrected chi connectivity index (χ2v) is 9.09. The predicted molar refractivity (Wildman–Crippen MR) is 102 cm³/mol. The molecule has 3 aliphatic rings. The molecule has 4 atom stereocenters. The fourth-order valence-electron chi connectivity index (χ4n) is 5.55. The number of thiophene rings is 1. The highest BCUT2D eigenvalue weighted by Crippen LogP contribution is 2.50. The Bertz CT molecular complexity index is 767. The Hall–Kier alpha value is -1.61. The van der Waals surface area contributed by atoms with Crippen molar-refractivity contribution in [1.82, 2.24) is 4.90 Å². The number of amides is 1. The average molecular weight is 352 g/mol. The highest BCUT2D eigenvalue weighted by atomic mass is 32.1. The summed E-state index contributed by atoms with van der Waals surface area (Å²) >= 11 is 1.84. The molecule has 2 nitrogen and oxygen atoms in total. The summed E-state index contributed by atoms with van der Waals surface area (Å²) in [6, 6.07) is 12.9. The first-order valence-electron chi connectivity index (χ1n) is 9.70. The Morgan fingerprint density at radius 1 is 1.12 bits per heavy atom. The Morgan fingerprint density at radius 3 is 2.76 bits per heavy atom. The quantitative estimate of drug-likeness (QED) is 0.758. The molecule has 0 unspecified atom stereocenters. The van der Waals surface area contributed by atoms with Gasteiger partial charge in [-0.05, 0) is 66.0 Å². The molecule has 1 aromatic heterocycles. The van der Waals surface area contributed by atoms with Gasteiger partial charge in [0, 0.05) is 17.8 Å². The summed E-state index contributed by atoms with van der Waals surface area (Å²) in [4.78, 5) is 16.9. The predicted octanol–water partition coefficient (Wildman–Crippen LogP) is 5.05. The molecule has 2 saturated carbocycles. The number of carbonyl (C=O) groups is 1. The average Bonchev–Trinajstić information content (AvgIpc) is 3.37. The van der Waals surface area contributed by atoms with Crippen LogP contribution in [0.15, 0.2) is 41.8 Å². The normalized spacial score (nSPS) is 30.5. The third-order valence-electron chi connectivity index (χ3n) is 6.72. The zero-order chi connectivity index (χ0) is 16.8. The molecule has 0 saturated heterocycles. The van der Waals surface area contributed by atoms with Crippen LogP contribution in [0.1, 0.15) is 54.1 Å². The van der Waals surface area contributed by atoms with Gasteiger partial charge in [-0.2, -0.15) is 0 Å². The highest BCUT2D eigenvalue weighted by Gasteiger charge is 2.42. The van der Waals surface area contributed by atoms with E-state index < -0.39 is 0 Å². The minimum Gasteiger partial charge on any atom is -0.331 e. The van der Waals surface area contributed by atoms with Crippen molar-refractivity contribution in [2.45, 2.75) is 44.6 Å². The number of rotatable bonds is 3. The minimum absolute atomic E-state index is 0.113. The molecule has 2 bridgehead atoms. The molecule has 2 fully saturated rings. The van der Waals surface area contributed by atoms with Crippen molar-refractivity contribution in [2.24, 2.45) is 17.8 Å². The van der Waals surface area contributed by atoms with Crippen molar-refractivity contribution in [3.05, 3.63) is 57.8 Å². The van der Waals surface area contributed by atoms with E-state index in [0.717, 1.165) is 31.2 Å². The molecule has 25 heavy (non-hydrogen) atoms. The van der Waals surface area contributed by atoms with E-state index in [4.69, 9.17) is 0 Å². The summed E-state index contributed by atoms with van der Waals surface area (Å²) < 4.78 is 0. The molecule has 2 aromatic rings. The maximum absolute atomic E-state index is 13.3. The lowest BCUT2D eigenvalue weighted by Crippen LogP contribution is -2.41. The van der Waals surface area contributed by atoms with Gasteiger partial charge in [0.1, 0.15) is 0 Å². The van der Waals surface area contributed by atoms with Gasteiger partial charge in [0.15, 0.2) is 0 Å². The molecular weight excluding hydrogens is 326 g/mol. The Balaban J connectivity index is 1.42. The van der Waals surface area contributed by atoms with Gasteiger partial charge in [0.05, 0.1) is 6.04 Å². The molecule has 1 amide bonds. The molecule has 2 heterocycles. The summed E-state index contributed by atoms with van der Waals surface area (Å²) in [5.41, 5.74) is 2.60. The number of carbonyl (C=O) groups excluding carboxylic acids is 1. The first-order valence-corrected chi connectivity index (χ1v) is 10.6. The van der Waals surface area contributed by atoms with Crippen molar-refractivity contribution in [1.29, 1.82) is 0 Å². The number of hydrogen-bond donors (Lipinski definition) is 0. The van der Waals surface area contributed by atoms with Gasteiger partial charge in [-0.25, -0.2) is 0 Å². The lowest BCUT2D eigenvalue weighted by Gasteiger charge is -2.37. The molecule has 3 heteroatoms. The summed E-state index contributed by atoms with van der Waals surface area (Å²) in [7, 11) is 0. The van der Waals surface area contributed by atoms with Crippen molar-refractivity contribution in [3.8, 4) is 0 Å². The molecule has 2 aliphatic carbocycles. The Labute approximate surface area is 153 Å². The van der Waals surface area contributed by atoms with Crippen molar-refractivity contribution < 1.29 is 4.79 Å². The first kappa shape index (κ1) is 15.6. The number of benzene rings is 1. The van der Waals surface area contributed by atoms with Crippen LogP contribution in [-0.4, -0.2) is 17.4 Å². The second kappa shape index (κ2) is 6.28. The summed E-state index contributed by atoms with van der Waals surface area (Å²) in [5, 5.41) is 2.19. The molecule has 0 N–H and O–H groups in total. The second-order valence-electron chi connectivity index (χ2n) is 8.09. The fourth-order valence-corrected chi connectivity index (χ4v) is 6.45. The van der Waals surface area contributed by atoms with E-state index in [1.54, 1.807) is 0 Å². The molecule has 1 aromatic carbocycles. The van der Waals surface area contributed by atoms with Crippen molar-refractivity contribution >= 4 is 17.2 Å². The van der Waals surface area contributed by atoms with Crippen LogP contribution in [0.3, 0.4) is 0 Å². The van der Waals surface area contributed by atoms with Gasteiger partial charge in [-0.1, -0.05) is 36.8 Å². The summed E-state index contributed by atoms with van der Waals surface area (Å²) in [6.45, 7) is 0.868. The third kappa shape index (κ3) is 2.73. The first-order chi connectivity index (χ1) is 12.3. The SMILES string of the molecule is O=C(C[C@@H]1C[C@H]2CC[C@H]1C2)N1CCc2sccc2[C@H]1c1ccccc1. The number of nitrogens with zero attached hydrogens (tertiary/aromatic N) is 1. The van der Waals surface area contributed by atoms with E-state index in [9.17, 15) is 4.79 Å². The summed E-state index contributed by atoms with van der Waals surface area (Å²) in [6.07, 6.45) is 7.23. The van der Waals surface area contributed by atoms with Crippen LogP contribution in [0.5, 0.6) is 0 Å². The van der Waals surface area contributed by atoms with Gasteiger partial charge in [0.25, 0.3) is 0 Å². The van der Waals surface area contributed by atoms with Crippen LogP contribution in [0.4, 0.5) is 0 Å². The minimum atomic E-state index is 0.113. The third-order valence-corrected chi connectivity index (χ3v) is 7.72. The lowest BCUT2D eigenvalue weighted by atomic mass is 9.85. The van der Waals surface area contributed by atoms with Crippen molar-refractivity contribution in [2.75, 3.05) is 6.54 Å². The highest BCUT2D eigenvalue weighted by molar-refractivity contribution is 7.10. The molecule has 0 radical (unpaired) electrons. The van der Waals surface area contributed by atoms with Gasteiger partial charge in [-0.15, -0.1) is 11.3 Å². The van der Waals surface area contributed by atoms with E-state index in [1.165, 1.54) is 41.7 Å². The van der Waals surface area contributed by atoms with E-state index in [2.05, 4.69) is 46.7 Å². The van der Waals surface area contributed by atoms with Gasteiger partial charge in [0.2, 0.25) is 5.91 Å². The van der Waals surface area contributed by atoms with E-state index in [0.29, 0.717) is 11.8 Å². The van der Waals surface area contributed by atoms with Crippen LogP contribution < -0.4 is 0 Å². The van der Waals surface area contributed by atoms with Crippen LogP contribution >= 0.6 is 11.3 Å². The maximum atomic E-state index is 13.3. The van der Waals surface area contributed by atoms with Crippen LogP contribution in [0, 0.1) is 17.8 Å². The molecule has 5 rings (SSSR count). The molecular formula is C22H25NOS. The smallest absolute Gasteiger partial charge is 0.223 e. The number of fused-ring (bicyclic) bond motifs is 3. The molecule has 1 aliphatic heterocycles. The largest absolute Gasteiger partial charge is 0.331 e. The molecule has 0 spiro atoms. The fraction of sp³-hybridized carbons (Fsp3) is 0.500. The zero-order valence-electron chi connectivity index (χ0n) is 14.6. The number of hydrogen-bond acceptors (Lipinski definition) is 2. The lowest BCUT2D eigenvalue weighted by molar-refractivity contribution is -0.134. The Morgan fingerprint density at radius 2 is 2.00 bits per heavy atom. The van der Waals surface area contributed by atoms with E-state index in [-0.39, 0.29) is 6.04 Å². The van der Waals surface area contributed by atoms with Gasteiger partial charge < -0.3 is 4.90 Å². The van der Waals surface area contributed by atoms with E-state index in [1.807, 2.05) is 11.3 Å². The van der Waals surface area contributed by atoms with Crippen LogP contribution in [0.2, 0.25) is 0 Å². The molecule has 130 valence electrons. The topological polar surface area (TPSA) is 20.3 Å². The maximum Gasteiger partial charge on any atom is 0.223 e. The monoisotopic (exact) mass is 351 g/mol. The Kier molecular flexibility index (Phi) is 3.93. The van der Waals surface area contributed by atoms with Crippen LogP contribution in [-0.2, 0) is 11.2 Å². The van der Waals surface area contributed by atoms with Gasteiger partial charge >= 0.3 is 0 Å². The van der Waals surface area contributed by atoms with Gasteiger partial charge in [-0.3, -0.25) is 4.79 Å². The van der Waals surface area contributed by atoms with Crippen LogP contribution in [0.25, 0.3) is 0 Å². The zero-order valence-corrected chi connectivity index (χ0v) is 15.4. The van der Waals surface area contributed by atoms with E-state index >= 15 is 0 Å². The van der Waals surface area contributed by atoms with Crippen molar-refractivity contribution in [3.63, 3.8) is 0 Å².